The minimum absolute atomic E-state index is 0.480. The van der Waals surface area contributed by atoms with E-state index in [-0.39, 0.29) is 0 Å². The summed E-state index contributed by atoms with van der Waals surface area (Å²) in [6, 6.07) is 7.39. The van der Waals surface area contributed by atoms with Gasteiger partial charge in [-0.3, -0.25) is 0 Å². The minimum Gasteiger partial charge on any atom is -0.372 e. The van der Waals surface area contributed by atoms with E-state index >= 15 is 0 Å². The molecule has 17 heavy (non-hydrogen) atoms. The van der Waals surface area contributed by atoms with Crippen molar-refractivity contribution in [3.63, 3.8) is 0 Å². The number of hydrogen-bond acceptors (Lipinski definition) is 2. The zero-order valence-corrected chi connectivity index (χ0v) is 11.6. The van der Waals surface area contributed by atoms with Crippen LogP contribution in [0, 0.1) is 0 Å². The number of nitrogens with one attached hydrogen (secondary N) is 1. The molecule has 1 fully saturated rings. The van der Waals surface area contributed by atoms with E-state index in [0.29, 0.717) is 6.04 Å². The molecule has 0 radical (unpaired) electrons. The lowest BCUT2D eigenvalue weighted by atomic mass is 10.1. The maximum absolute atomic E-state index is 6.09. The van der Waals surface area contributed by atoms with E-state index in [0.717, 1.165) is 17.6 Å². The Kier molecular flexibility index (Phi) is 3.95. The van der Waals surface area contributed by atoms with Gasteiger partial charge in [0, 0.05) is 36.4 Å². The first kappa shape index (κ1) is 12.7. The van der Waals surface area contributed by atoms with Gasteiger partial charge >= 0.3 is 0 Å². The molecule has 1 aliphatic carbocycles. The number of halogens is 1. The molecule has 0 spiro atoms. The van der Waals surface area contributed by atoms with Crippen molar-refractivity contribution < 1.29 is 0 Å². The molecule has 1 aromatic carbocycles. The standard InChI is InChI=1S/C14H21ClN2/c1-10(2)17(3)14-8-12(15)5-4-11(14)9-16-13-6-7-13/h4-5,8,10,13,16H,6-7,9H2,1-3H3. The van der Waals surface area contributed by atoms with Crippen LogP contribution in [0.1, 0.15) is 32.3 Å². The average molecular weight is 253 g/mol. The van der Waals surface area contributed by atoms with Gasteiger partial charge in [0.2, 0.25) is 0 Å². The van der Waals surface area contributed by atoms with Crippen LogP contribution < -0.4 is 10.2 Å². The monoisotopic (exact) mass is 252 g/mol. The van der Waals surface area contributed by atoms with Crippen molar-refractivity contribution in [1.82, 2.24) is 5.32 Å². The molecule has 0 aromatic heterocycles. The van der Waals surface area contributed by atoms with E-state index in [1.54, 1.807) is 0 Å². The van der Waals surface area contributed by atoms with Gasteiger partial charge in [0.15, 0.2) is 0 Å². The molecule has 1 saturated carbocycles. The van der Waals surface area contributed by atoms with Crippen LogP contribution in [0.25, 0.3) is 0 Å². The smallest absolute Gasteiger partial charge is 0.0426 e. The zero-order chi connectivity index (χ0) is 12.4. The predicted molar refractivity (Wildman–Crippen MR) is 74.9 cm³/mol. The Balaban J connectivity index is 2.16. The molecular formula is C14H21ClN2. The van der Waals surface area contributed by atoms with Gasteiger partial charge in [-0.05, 0) is 44.4 Å². The number of rotatable bonds is 5. The Bertz CT molecular complexity index is 386. The first-order chi connectivity index (χ1) is 8.08. The Morgan fingerprint density at radius 1 is 1.41 bits per heavy atom. The van der Waals surface area contributed by atoms with Gasteiger partial charge in [0.25, 0.3) is 0 Å². The third kappa shape index (κ3) is 3.36. The highest BCUT2D eigenvalue weighted by Crippen LogP contribution is 2.27. The molecule has 2 nitrogen and oxygen atoms in total. The fraction of sp³-hybridized carbons (Fsp3) is 0.571. The maximum atomic E-state index is 6.09. The molecule has 3 heteroatoms. The SMILES string of the molecule is CC(C)N(C)c1cc(Cl)ccc1CNC1CC1. The van der Waals surface area contributed by atoms with Crippen LogP contribution in [0.4, 0.5) is 5.69 Å². The van der Waals surface area contributed by atoms with E-state index in [2.05, 4.69) is 43.2 Å². The van der Waals surface area contributed by atoms with Crippen molar-refractivity contribution in [2.24, 2.45) is 0 Å². The molecule has 0 atom stereocenters. The van der Waals surface area contributed by atoms with Gasteiger partial charge in [-0.15, -0.1) is 0 Å². The Morgan fingerprint density at radius 2 is 2.12 bits per heavy atom. The van der Waals surface area contributed by atoms with Crippen molar-refractivity contribution in [2.45, 2.75) is 45.3 Å². The molecule has 0 bridgehead atoms. The normalized spacial score (nSPS) is 15.4. The number of hydrogen-bond donors (Lipinski definition) is 1. The second kappa shape index (κ2) is 5.28. The summed E-state index contributed by atoms with van der Waals surface area (Å²) in [6.45, 7) is 5.33. The third-order valence-electron chi connectivity index (χ3n) is 3.36. The average Bonchev–Trinajstić information content (AvgIpc) is 3.10. The third-order valence-corrected chi connectivity index (χ3v) is 3.60. The largest absolute Gasteiger partial charge is 0.372 e. The molecule has 2 rings (SSSR count). The summed E-state index contributed by atoms with van der Waals surface area (Å²) in [7, 11) is 2.12. The fourth-order valence-corrected chi connectivity index (χ4v) is 2.00. The van der Waals surface area contributed by atoms with Gasteiger partial charge in [-0.25, -0.2) is 0 Å². The molecule has 1 aliphatic rings. The fourth-order valence-electron chi connectivity index (χ4n) is 1.83. The summed E-state index contributed by atoms with van der Waals surface area (Å²) in [5, 5.41) is 4.36. The predicted octanol–water partition coefficient (Wildman–Crippen LogP) is 3.44. The van der Waals surface area contributed by atoms with Crippen LogP contribution in [0.5, 0.6) is 0 Å². The number of benzene rings is 1. The highest BCUT2D eigenvalue weighted by Gasteiger charge is 2.21. The molecule has 0 aliphatic heterocycles. The van der Waals surface area contributed by atoms with Crippen LogP contribution >= 0.6 is 11.6 Å². The van der Waals surface area contributed by atoms with Crippen molar-refractivity contribution in [3.05, 3.63) is 28.8 Å². The number of nitrogens with zero attached hydrogens (tertiary/aromatic N) is 1. The highest BCUT2D eigenvalue weighted by molar-refractivity contribution is 6.30. The highest BCUT2D eigenvalue weighted by atomic mass is 35.5. The lowest BCUT2D eigenvalue weighted by molar-refractivity contribution is 0.679. The summed E-state index contributed by atoms with van der Waals surface area (Å²) in [5.74, 6) is 0. The second-order valence-corrected chi connectivity index (χ2v) is 5.57. The van der Waals surface area contributed by atoms with Crippen LogP contribution in [-0.4, -0.2) is 19.1 Å². The molecule has 0 saturated heterocycles. The summed E-state index contributed by atoms with van der Waals surface area (Å²) in [6.07, 6.45) is 2.64. The topological polar surface area (TPSA) is 15.3 Å². The summed E-state index contributed by atoms with van der Waals surface area (Å²) < 4.78 is 0. The Labute approximate surface area is 109 Å². The van der Waals surface area contributed by atoms with Gasteiger partial charge in [-0.1, -0.05) is 17.7 Å². The van der Waals surface area contributed by atoms with Crippen molar-refractivity contribution in [3.8, 4) is 0 Å². The molecule has 0 heterocycles. The maximum Gasteiger partial charge on any atom is 0.0426 e. The summed E-state index contributed by atoms with van der Waals surface area (Å²) in [5.41, 5.74) is 2.57. The van der Waals surface area contributed by atoms with E-state index < -0.39 is 0 Å². The van der Waals surface area contributed by atoms with Gasteiger partial charge < -0.3 is 10.2 Å². The lowest BCUT2D eigenvalue weighted by Gasteiger charge is -2.26. The Morgan fingerprint density at radius 3 is 2.71 bits per heavy atom. The summed E-state index contributed by atoms with van der Waals surface area (Å²) >= 11 is 6.09. The zero-order valence-electron chi connectivity index (χ0n) is 10.8. The van der Waals surface area contributed by atoms with Crippen molar-refractivity contribution >= 4 is 17.3 Å². The van der Waals surface area contributed by atoms with E-state index in [1.165, 1.54) is 24.1 Å². The minimum atomic E-state index is 0.480. The molecule has 1 N–H and O–H groups in total. The van der Waals surface area contributed by atoms with Crippen molar-refractivity contribution in [2.75, 3.05) is 11.9 Å². The van der Waals surface area contributed by atoms with Crippen LogP contribution in [-0.2, 0) is 6.54 Å². The van der Waals surface area contributed by atoms with Gasteiger partial charge in [0.05, 0.1) is 0 Å². The lowest BCUT2D eigenvalue weighted by Crippen LogP contribution is -2.28. The molecule has 94 valence electrons. The number of anilines is 1. The molecule has 0 amide bonds. The Hall–Kier alpha value is -0.730. The van der Waals surface area contributed by atoms with Crippen molar-refractivity contribution in [1.29, 1.82) is 0 Å². The summed E-state index contributed by atoms with van der Waals surface area (Å²) in [4.78, 5) is 2.27. The first-order valence-corrected chi connectivity index (χ1v) is 6.70. The van der Waals surface area contributed by atoms with Gasteiger partial charge in [0.1, 0.15) is 0 Å². The quantitative estimate of drug-likeness (QED) is 0.864. The van der Waals surface area contributed by atoms with Gasteiger partial charge in [-0.2, -0.15) is 0 Å². The first-order valence-electron chi connectivity index (χ1n) is 6.32. The van der Waals surface area contributed by atoms with Crippen LogP contribution in [0.2, 0.25) is 5.02 Å². The van der Waals surface area contributed by atoms with E-state index in [1.807, 2.05) is 6.07 Å². The van der Waals surface area contributed by atoms with Crippen LogP contribution in [0.15, 0.2) is 18.2 Å². The van der Waals surface area contributed by atoms with E-state index in [4.69, 9.17) is 11.6 Å². The molecule has 0 unspecified atom stereocenters. The molecular weight excluding hydrogens is 232 g/mol. The second-order valence-electron chi connectivity index (χ2n) is 5.13. The molecule has 1 aromatic rings. The van der Waals surface area contributed by atoms with E-state index in [9.17, 15) is 0 Å². The van der Waals surface area contributed by atoms with Crippen LogP contribution in [0.3, 0.4) is 0 Å².